The predicted molar refractivity (Wildman–Crippen MR) is 69.0 cm³/mol. The quantitative estimate of drug-likeness (QED) is 0.745. The topological polar surface area (TPSA) is 89.6 Å². The molecule has 0 aliphatic carbocycles. The van der Waals surface area contributed by atoms with E-state index >= 15 is 0 Å². The molecular formula is C12H23NO4S. The third-order valence-corrected chi connectivity index (χ3v) is 6.31. The Morgan fingerprint density at radius 3 is 2.44 bits per heavy atom. The van der Waals surface area contributed by atoms with E-state index in [1.165, 1.54) is 0 Å². The third kappa shape index (κ3) is 2.31. The SMILES string of the molecule is CC1(C)CC(O)(C2(CN)CCS(=O)(=O)C2)CCO1. The fourth-order valence-electron chi connectivity index (χ4n) is 3.43. The van der Waals surface area contributed by atoms with E-state index in [9.17, 15) is 13.5 Å². The average molecular weight is 277 g/mol. The van der Waals surface area contributed by atoms with Crippen molar-refractivity contribution >= 4 is 9.84 Å². The molecule has 0 radical (unpaired) electrons. The van der Waals surface area contributed by atoms with E-state index in [-0.39, 0.29) is 18.1 Å². The van der Waals surface area contributed by atoms with Crippen molar-refractivity contribution in [2.45, 2.75) is 44.3 Å². The molecule has 2 rings (SSSR count). The van der Waals surface area contributed by atoms with E-state index in [4.69, 9.17) is 10.5 Å². The first-order chi connectivity index (χ1) is 8.14. The Labute approximate surface area is 109 Å². The minimum Gasteiger partial charge on any atom is -0.389 e. The Kier molecular flexibility index (Phi) is 3.29. The highest BCUT2D eigenvalue weighted by atomic mass is 32.2. The molecule has 2 heterocycles. The molecule has 0 aromatic rings. The van der Waals surface area contributed by atoms with Gasteiger partial charge in [-0.2, -0.15) is 0 Å². The molecule has 2 unspecified atom stereocenters. The molecule has 3 N–H and O–H groups in total. The molecule has 2 atom stereocenters. The number of nitrogens with two attached hydrogens (primary N) is 1. The molecule has 18 heavy (non-hydrogen) atoms. The number of ether oxygens (including phenoxy) is 1. The Bertz CT molecular complexity index is 433. The second-order valence-electron chi connectivity index (χ2n) is 6.39. The molecule has 0 aromatic heterocycles. The van der Waals surface area contributed by atoms with Gasteiger partial charge in [0.2, 0.25) is 0 Å². The van der Waals surface area contributed by atoms with Gasteiger partial charge in [0.1, 0.15) is 0 Å². The zero-order valence-corrected chi connectivity index (χ0v) is 11.9. The molecule has 106 valence electrons. The second kappa shape index (κ2) is 4.16. The molecule has 0 bridgehead atoms. The van der Waals surface area contributed by atoms with E-state index in [1.807, 2.05) is 13.8 Å². The van der Waals surface area contributed by atoms with E-state index in [0.29, 0.717) is 25.9 Å². The number of hydrogen-bond acceptors (Lipinski definition) is 5. The molecule has 2 saturated heterocycles. The van der Waals surface area contributed by atoms with Crippen LogP contribution in [0.2, 0.25) is 0 Å². The van der Waals surface area contributed by atoms with E-state index in [2.05, 4.69) is 0 Å². The Morgan fingerprint density at radius 1 is 1.33 bits per heavy atom. The van der Waals surface area contributed by atoms with Gasteiger partial charge in [0, 0.05) is 24.8 Å². The van der Waals surface area contributed by atoms with E-state index in [1.54, 1.807) is 0 Å². The van der Waals surface area contributed by atoms with E-state index in [0.717, 1.165) is 0 Å². The molecule has 2 aliphatic heterocycles. The standard InChI is InChI=1S/C12H23NO4S/c1-10(2)7-12(14,3-5-17-10)11(8-13)4-6-18(15,16)9-11/h14H,3-9,13H2,1-2H3. The lowest BCUT2D eigenvalue weighted by atomic mass is 9.64. The van der Waals surface area contributed by atoms with Crippen LogP contribution in [0.3, 0.4) is 0 Å². The van der Waals surface area contributed by atoms with Crippen molar-refractivity contribution < 1.29 is 18.3 Å². The van der Waals surface area contributed by atoms with Crippen LogP contribution in [0.4, 0.5) is 0 Å². The summed E-state index contributed by atoms with van der Waals surface area (Å²) in [4.78, 5) is 0. The number of aliphatic hydroxyl groups is 1. The molecule has 0 aromatic carbocycles. The van der Waals surface area contributed by atoms with Crippen LogP contribution in [0.15, 0.2) is 0 Å². The van der Waals surface area contributed by atoms with Crippen molar-refractivity contribution in [3.8, 4) is 0 Å². The predicted octanol–water partition coefficient (Wildman–Crippen LogP) is 0.0701. The van der Waals surface area contributed by atoms with Crippen LogP contribution in [0, 0.1) is 5.41 Å². The highest BCUT2D eigenvalue weighted by Gasteiger charge is 2.58. The maximum Gasteiger partial charge on any atom is 0.151 e. The molecule has 6 heteroatoms. The fourth-order valence-corrected chi connectivity index (χ4v) is 5.65. The summed E-state index contributed by atoms with van der Waals surface area (Å²) < 4.78 is 29.1. The van der Waals surface area contributed by atoms with Gasteiger partial charge in [0.15, 0.2) is 9.84 Å². The van der Waals surface area contributed by atoms with Crippen LogP contribution in [-0.2, 0) is 14.6 Å². The monoisotopic (exact) mass is 277 g/mol. The summed E-state index contributed by atoms with van der Waals surface area (Å²) in [6.07, 6.45) is 1.36. The summed E-state index contributed by atoms with van der Waals surface area (Å²) in [5.41, 5.74) is 3.66. The van der Waals surface area contributed by atoms with Crippen molar-refractivity contribution in [1.29, 1.82) is 0 Å². The first kappa shape index (κ1) is 14.2. The van der Waals surface area contributed by atoms with Crippen LogP contribution >= 0.6 is 0 Å². The highest BCUT2D eigenvalue weighted by molar-refractivity contribution is 7.91. The summed E-state index contributed by atoms with van der Waals surface area (Å²) in [5, 5.41) is 11.0. The number of hydrogen-bond donors (Lipinski definition) is 2. The molecule has 0 amide bonds. The maximum absolute atomic E-state index is 11.8. The largest absolute Gasteiger partial charge is 0.389 e. The van der Waals surface area contributed by atoms with Gasteiger partial charge in [-0.05, 0) is 20.3 Å². The van der Waals surface area contributed by atoms with Gasteiger partial charge in [0.25, 0.3) is 0 Å². The minimum atomic E-state index is -3.07. The summed E-state index contributed by atoms with van der Waals surface area (Å²) in [6.45, 7) is 4.50. The molecule has 0 saturated carbocycles. The lowest BCUT2D eigenvalue weighted by Gasteiger charge is -2.50. The Morgan fingerprint density at radius 2 is 2.00 bits per heavy atom. The normalized spacial score (nSPS) is 42.9. The zero-order valence-electron chi connectivity index (χ0n) is 11.1. The molecular weight excluding hydrogens is 254 g/mol. The smallest absolute Gasteiger partial charge is 0.151 e. The first-order valence-electron chi connectivity index (χ1n) is 6.41. The summed E-state index contributed by atoms with van der Waals surface area (Å²) in [7, 11) is -3.07. The Balaban J connectivity index is 2.33. The van der Waals surface area contributed by atoms with Crippen LogP contribution < -0.4 is 5.73 Å². The molecule has 2 fully saturated rings. The lowest BCUT2D eigenvalue weighted by Crippen LogP contribution is -2.59. The summed E-state index contributed by atoms with van der Waals surface area (Å²) >= 11 is 0. The van der Waals surface area contributed by atoms with Gasteiger partial charge < -0.3 is 15.6 Å². The van der Waals surface area contributed by atoms with E-state index < -0.39 is 26.5 Å². The Hall–Kier alpha value is -0.170. The van der Waals surface area contributed by atoms with Gasteiger partial charge in [-0.1, -0.05) is 0 Å². The molecule has 5 nitrogen and oxygen atoms in total. The molecule has 0 spiro atoms. The van der Waals surface area contributed by atoms with Crippen LogP contribution in [0.1, 0.15) is 33.1 Å². The fraction of sp³-hybridized carbons (Fsp3) is 1.00. The van der Waals surface area contributed by atoms with Crippen molar-refractivity contribution in [3.63, 3.8) is 0 Å². The summed E-state index contributed by atoms with van der Waals surface area (Å²) in [5.74, 6) is 0.136. The van der Waals surface area contributed by atoms with Gasteiger partial charge in [-0.15, -0.1) is 0 Å². The van der Waals surface area contributed by atoms with Crippen molar-refractivity contribution in [3.05, 3.63) is 0 Å². The van der Waals surface area contributed by atoms with Gasteiger partial charge in [-0.25, -0.2) is 8.42 Å². The van der Waals surface area contributed by atoms with Crippen LogP contribution in [0.25, 0.3) is 0 Å². The third-order valence-electron chi connectivity index (χ3n) is 4.49. The summed E-state index contributed by atoms with van der Waals surface area (Å²) in [6, 6.07) is 0. The van der Waals surface area contributed by atoms with Crippen molar-refractivity contribution in [2.75, 3.05) is 24.7 Å². The van der Waals surface area contributed by atoms with Crippen LogP contribution in [0.5, 0.6) is 0 Å². The highest BCUT2D eigenvalue weighted by Crippen LogP contribution is 2.49. The minimum absolute atomic E-state index is 0.00306. The van der Waals surface area contributed by atoms with Gasteiger partial charge >= 0.3 is 0 Å². The number of sulfone groups is 1. The lowest BCUT2D eigenvalue weighted by molar-refractivity contribution is -0.187. The van der Waals surface area contributed by atoms with Gasteiger partial charge in [-0.3, -0.25) is 0 Å². The average Bonchev–Trinajstić information content (AvgIpc) is 2.54. The second-order valence-corrected chi connectivity index (χ2v) is 8.58. The molecule has 2 aliphatic rings. The first-order valence-corrected chi connectivity index (χ1v) is 8.23. The number of rotatable bonds is 2. The van der Waals surface area contributed by atoms with Crippen LogP contribution in [-0.4, -0.2) is 49.4 Å². The van der Waals surface area contributed by atoms with Crippen molar-refractivity contribution in [2.24, 2.45) is 11.1 Å². The van der Waals surface area contributed by atoms with Crippen molar-refractivity contribution in [1.82, 2.24) is 0 Å². The van der Waals surface area contributed by atoms with Gasteiger partial charge in [0.05, 0.1) is 29.3 Å². The maximum atomic E-state index is 11.8. The zero-order chi connectivity index (χ0) is 13.7.